The second-order valence-electron chi connectivity index (χ2n) is 6.75. The molecule has 0 bridgehead atoms. The van der Waals surface area contributed by atoms with Crippen LogP contribution in [0.4, 0.5) is 0 Å². The van der Waals surface area contributed by atoms with Crippen molar-refractivity contribution in [3.05, 3.63) is 70.5 Å². The van der Waals surface area contributed by atoms with Gasteiger partial charge in [0.25, 0.3) is 5.91 Å². The molecule has 3 aromatic rings. The molecule has 1 saturated heterocycles. The van der Waals surface area contributed by atoms with E-state index in [0.29, 0.717) is 29.6 Å². The second kappa shape index (κ2) is 7.56. The molecule has 2 aromatic heterocycles. The van der Waals surface area contributed by atoms with Crippen LogP contribution in [-0.2, 0) is 6.42 Å². The number of carbonyl (C=O) groups is 1. The number of nitrogens with zero attached hydrogens (tertiary/aromatic N) is 3. The molecule has 3 heterocycles. The van der Waals surface area contributed by atoms with Crippen molar-refractivity contribution in [1.82, 2.24) is 14.9 Å². The Balaban J connectivity index is 1.54. The Labute approximate surface area is 162 Å². The van der Waals surface area contributed by atoms with E-state index in [0.717, 1.165) is 30.6 Å². The molecule has 1 aromatic carbocycles. The van der Waals surface area contributed by atoms with Gasteiger partial charge in [0.1, 0.15) is 11.8 Å². The van der Waals surface area contributed by atoms with E-state index in [-0.39, 0.29) is 17.7 Å². The number of rotatable bonds is 4. The maximum absolute atomic E-state index is 12.9. The van der Waals surface area contributed by atoms with Gasteiger partial charge in [-0.15, -0.1) is 0 Å². The summed E-state index contributed by atoms with van der Waals surface area (Å²) in [5.41, 5.74) is 1.69. The summed E-state index contributed by atoms with van der Waals surface area (Å²) in [4.78, 5) is 23.2. The Hall–Kier alpha value is -2.60. The Bertz CT molecular complexity index is 932. The summed E-state index contributed by atoms with van der Waals surface area (Å²) in [6, 6.07) is 7.46. The summed E-state index contributed by atoms with van der Waals surface area (Å²) in [5, 5.41) is 0.705. The molecule has 4 rings (SSSR count). The topological polar surface area (TPSA) is 72.4 Å². The van der Waals surface area contributed by atoms with E-state index in [1.165, 1.54) is 6.39 Å². The number of benzene rings is 1. The standard InChI is InChI=1S/C20H20ClN3O3/c1-13-18(26-12-23-13)20(25)24-9-3-2-4-17(24)19-22-11-16(27-19)10-14-5-7-15(21)8-6-14/h5-8,11-12,17H,2-4,9-10H2,1H3/t17-/m0/s1. The van der Waals surface area contributed by atoms with Gasteiger partial charge in [-0.2, -0.15) is 0 Å². The molecule has 1 amide bonds. The maximum atomic E-state index is 12.9. The summed E-state index contributed by atoms with van der Waals surface area (Å²) >= 11 is 5.93. The Kier molecular flexibility index (Phi) is 4.99. The highest BCUT2D eigenvalue weighted by Gasteiger charge is 2.34. The number of piperidine rings is 1. The number of halogens is 1. The first kappa shape index (κ1) is 17.8. The third-order valence-corrected chi connectivity index (χ3v) is 5.10. The molecule has 0 aliphatic carbocycles. The minimum Gasteiger partial charge on any atom is -0.443 e. The first-order valence-electron chi connectivity index (χ1n) is 9.02. The number of hydrogen-bond acceptors (Lipinski definition) is 5. The molecule has 1 fully saturated rings. The van der Waals surface area contributed by atoms with Crippen molar-refractivity contribution in [3.63, 3.8) is 0 Å². The zero-order chi connectivity index (χ0) is 18.8. The summed E-state index contributed by atoms with van der Waals surface area (Å²) in [6.07, 6.45) is 6.47. The van der Waals surface area contributed by atoms with E-state index < -0.39 is 0 Å². The minimum atomic E-state index is -0.185. The summed E-state index contributed by atoms with van der Waals surface area (Å²) in [7, 11) is 0. The first-order chi connectivity index (χ1) is 13.1. The molecular weight excluding hydrogens is 366 g/mol. The lowest BCUT2D eigenvalue weighted by atomic mass is 10.0. The van der Waals surface area contributed by atoms with E-state index in [1.54, 1.807) is 18.0 Å². The fourth-order valence-electron chi connectivity index (χ4n) is 3.43. The zero-order valence-corrected chi connectivity index (χ0v) is 15.8. The van der Waals surface area contributed by atoms with Gasteiger partial charge in [0.05, 0.1) is 11.9 Å². The molecule has 0 spiro atoms. The van der Waals surface area contributed by atoms with E-state index >= 15 is 0 Å². The average Bonchev–Trinajstić information content (AvgIpc) is 3.32. The van der Waals surface area contributed by atoms with Gasteiger partial charge in [0.15, 0.2) is 6.39 Å². The molecule has 0 saturated carbocycles. The summed E-state index contributed by atoms with van der Waals surface area (Å²) < 4.78 is 11.3. The lowest BCUT2D eigenvalue weighted by Gasteiger charge is -2.33. The van der Waals surface area contributed by atoms with E-state index in [9.17, 15) is 4.79 Å². The third kappa shape index (κ3) is 3.76. The third-order valence-electron chi connectivity index (χ3n) is 4.85. The van der Waals surface area contributed by atoms with Crippen LogP contribution in [0, 0.1) is 6.92 Å². The van der Waals surface area contributed by atoms with Gasteiger partial charge in [-0.3, -0.25) is 4.79 Å². The number of aromatic nitrogens is 2. The van der Waals surface area contributed by atoms with Crippen LogP contribution in [-0.4, -0.2) is 27.3 Å². The van der Waals surface area contributed by atoms with E-state index in [4.69, 9.17) is 20.4 Å². The molecule has 0 unspecified atom stereocenters. The smallest absolute Gasteiger partial charge is 0.292 e. The molecule has 27 heavy (non-hydrogen) atoms. The van der Waals surface area contributed by atoms with E-state index in [2.05, 4.69) is 9.97 Å². The molecule has 1 atom stereocenters. The highest BCUT2D eigenvalue weighted by atomic mass is 35.5. The lowest BCUT2D eigenvalue weighted by molar-refractivity contribution is 0.0537. The van der Waals surface area contributed by atoms with Gasteiger partial charge in [0.2, 0.25) is 11.7 Å². The number of hydrogen-bond donors (Lipinski definition) is 0. The second-order valence-corrected chi connectivity index (χ2v) is 7.18. The molecule has 7 heteroatoms. The molecule has 1 aliphatic heterocycles. The molecular formula is C20H20ClN3O3. The van der Waals surface area contributed by atoms with Gasteiger partial charge < -0.3 is 13.7 Å². The molecule has 140 valence electrons. The molecule has 0 radical (unpaired) electrons. The van der Waals surface area contributed by atoms with Crippen molar-refractivity contribution < 1.29 is 13.6 Å². The Morgan fingerprint density at radius 1 is 1.26 bits per heavy atom. The van der Waals surface area contributed by atoms with Crippen molar-refractivity contribution in [2.75, 3.05) is 6.54 Å². The van der Waals surface area contributed by atoms with Crippen LogP contribution in [0.3, 0.4) is 0 Å². The maximum Gasteiger partial charge on any atom is 0.292 e. The van der Waals surface area contributed by atoms with Crippen LogP contribution in [0.1, 0.15) is 58.8 Å². The van der Waals surface area contributed by atoms with Gasteiger partial charge in [-0.05, 0) is 43.9 Å². The Morgan fingerprint density at radius 3 is 2.81 bits per heavy atom. The number of amides is 1. The fourth-order valence-corrected chi connectivity index (χ4v) is 3.56. The van der Waals surface area contributed by atoms with Crippen LogP contribution < -0.4 is 0 Å². The summed E-state index contributed by atoms with van der Waals surface area (Å²) in [5.74, 6) is 1.47. The van der Waals surface area contributed by atoms with Crippen LogP contribution >= 0.6 is 11.6 Å². The van der Waals surface area contributed by atoms with Crippen molar-refractivity contribution in [3.8, 4) is 0 Å². The van der Waals surface area contributed by atoms with Crippen molar-refractivity contribution in [2.45, 2.75) is 38.6 Å². The van der Waals surface area contributed by atoms with Gasteiger partial charge in [-0.25, -0.2) is 9.97 Å². The van der Waals surface area contributed by atoms with Crippen molar-refractivity contribution in [2.24, 2.45) is 0 Å². The van der Waals surface area contributed by atoms with Crippen LogP contribution in [0.15, 0.2) is 45.7 Å². The minimum absolute atomic E-state index is 0.160. The first-order valence-corrected chi connectivity index (χ1v) is 9.39. The Morgan fingerprint density at radius 2 is 2.07 bits per heavy atom. The van der Waals surface area contributed by atoms with Gasteiger partial charge in [0, 0.05) is 18.0 Å². The largest absolute Gasteiger partial charge is 0.443 e. The molecule has 1 aliphatic rings. The highest BCUT2D eigenvalue weighted by Crippen LogP contribution is 2.32. The fraction of sp³-hybridized carbons (Fsp3) is 0.350. The highest BCUT2D eigenvalue weighted by molar-refractivity contribution is 6.30. The normalized spacial score (nSPS) is 17.3. The molecule has 0 N–H and O–H groups in total. The van der Waals surface area contributed by atoms with Crippen molar-refractivity contribution in [1.29, 1.82) is 0 Å². The SMILES string of the molecule is Cc1ncoc1C(=O)N1CCCC[C@H]1c1ncc(Cc2ccc(Cl)cc2)o1. The van der Waals surface area contributed by atoms with Crippen LogP contribution in [0.5, 0.6) is 0 Å². The van der Waals surface area contributed by atoms with E-state index in [1.807, 2.05) is 24.3 Å². The van der Waals surface area contributed by atoms with Crippen molar-refractivity contribution >= 4 is 17.5 Å². The predicted molar refractivity (Wildman–Crippen MR) is 99.6 cm³/mol. The summed E-state index contributed by atoms with van der Waals surface area (Å²) in [6.45, 7) is 2.42. The predicted octanol–water partition coefficient (Wildman–Crippen LogP) is 4.58. The van der Waals surface area contributed by atoms with Crippen LogP contribution in [0.2, 0.25) is 5.02 Å². The number of oxazole rings is 2. The quantitative estimate of drug-likeness (QED) is 0.657. The monoisotopic (exact) mass is 385 g/mol. The van der Waals surface area contributed by atoms with Gasteiger partial charge in [-0.1, -0.05) is 23.7 Å². The average molecular weight is 386 g/mol. The number of aryl methyl sites for hydroxylation is 1. The van der Waals surface area contributed by atoms with Gasteiger partial charge >= 0.3 is 0 Å². The van der Waals surface area contributed by atoms with Crippen LogP contribution in [0.25, 0.3) is 0 Å². The molecule has 6 nitrogen and oxygen atoms in total. The number of carbonyl (C=O) groups excluding carboxylic acids is 1. The lowest BCUT2D eigenvalue weighted by Crippen LogP contribution is -2.38. The number of likely N-dealkylation sites (tertiary alicyclic amines) is 1. The zero-order valence-electron chi connectivity index (χ0n) is 15.0.